The molecule has 0 fully saturated rings. The smallest absolute Gasteiger partial charge is 0.219 e. The summed E-state index contributed by atoms with van der Waals surface area (Å²) in [7, 11) is 1.54. The minimum Gasteiger partial charge on any atom is -0.481 e. The number of hydrogen-bond acceptors (Lipinski definition) is 4. The first-order valence-electron chi connectivity index (χ1n) is 4.62. The maximum atomic E-state index is 10.2. The fourth-order valence-corrected chi connectivity index (χ4v) is 2.97. The molecule has 2 heterocycles. The van der Waals surface area contributed by atoms with Crippen molar-refractivity contribution in [3.63, 3.8) is 0 Å². The van der Waals surface area contributed by atoms with Crippen LogP contribution in [0.2, 0.25) is 0 Å². The van der Waals surface area contributed by atoms with Crippen molar-refractivity contribution in [2.45, 2.75) is 6.10 Å². The van der Waals surface area contributed by atoms with E-state index in [4.69, 9.17) is 4.74 Å². The zero-order valence-corrected chi connectivity index (χ0v) is 11.0. The van der Waals surface area contributed by atoms with E-state index in [0.29, 0.717) is 11.4 Å². The number of aliphatic hydroxyl groups is 1. The molecule has 0 saturated heterocycles. The van der Waals surface area contributed by atoms with E-state index >= 15 is 0 Å². The molecule has 0 aliphatic rings. The van der Waals surface area contributed by atoms with Crippen LogP contribution in [0.3, 0.4) is 0 Å². The largest absolute Gasteiger partial charge is 0.481 e. The molecule has 2 aromatic heterocycles. The van der Waals surface area contributed by atoms with Gasteiger partial charge in [0.15, 0.2) is 0 Å². The van der Waals surface area contributed by atoms with Gasteiger partial charge in [-0.25, -0.2) is 4.98 Å². The van der Waals surface area contributed by atoms with Crippen LogP contribution in [0.5, 0.6) is 5.88 Å². The van der Waals surface area contributed by atoms with Crippen LogP contribution in [0.1, 0.15) is 17.2 Å². The Morgan fingerprint density at radius 1 is 1.44 bits per heavy atom. The third kappa shape index (κ3) is 2.11. The number of aromatic nitrogens is 1. The van der Waals surface area contributed by atoms with Gasteiger partial charge in [0.1, 0.15) is 6.10 Å². The zero-order valence-electron chi connectivity index (χ0n) is 8.55. The highest BCUT2D eigenvalue weighted by Crippen LogP contribution is 2.34. The van der Waals surface area contributed by atoms with Gasteiger partial charge in [-0.3, -0.25) is 0 Å². The molecule has 0 aromatic carbocycles. The Balaban J connectivity index is 2.41. The van der Waals surface area contributed by atoms with Crippen molar-refractivity contribution < 1.29 is 9.84 Å². The Kier molecular flexibility index (Phi) is 3.58. The van der Waals surface area contributed by atoms with Crippen LogP contribution in [0.25, 0.3) is 0 Å². The molecular weight excluding hydrogens is 290 g/mol. The second-order valence-corrected chi connectivity index (χ2v) is 4.78. The molecular formula is C11H10BrNO2S. The number of rotatable bonds is 3. The molecule has 1 unspecified atom stereocenters. The van der Waals surface area contributed by atoms with E-state index in [-0.39, 0.29) is 0 Å². The maximum Gasteiger partial charge on any atom is 0.219 e. The molecule has 0 saturated carbocycles. The predicted molar refractivity (Wildman–Crippen MR) is 66.9 cm³/mol. The lowest BCUT2D eigenvalue weighted by atomic mass is 10.1. The van der Waals surface area contributed by atoms with Crippen LogP contribution in [-0.2, 0) is 0 Å². The van der Waals surface area contributed by atoms with Crippen molar-refractivity contribution in [3.8, 4) is 5.88 Å². The summed E-state index contributed by atoms with van der Waals surface area (Å²) in [6.45, 7) is 0. The molecule has 2 aromatic rings. The number of thiophene rings is 1. The first kappa shape index (κ1) is 11.6. The number of pyridine rings is 1. The van der Waals surface area contributed by atoms with E-state index in [9.17, 15) is 5.11 Å². The van der Waals surface area contributed by atoms with Gasteiger partial charge in [0.05, 0.1) is 7.11 Å². The van der Waals surface area contributed by atoms with Crippen molar-refractivity contribution in [2.24, 2.45) is 0 Å². The molecule has 1 N–H and O–H groups in total. The van der Waals surface area contributed by atoms with E-state index in [1.807, 2.05) is 10.8 Å². The van der Waals surface area contributed by atoms with E-state index in [1.54, 1.807) is 25.4 Å². The van der Waals surface area contributed by atoms with Crippen molar-refractivity contribution >= 4 is 27.3 Å². The number of halogens is 1. The van der Waals surface area contributed by atoms with E-state index < -0.39 is 6.10 Å². The normalized spacial score (nSPS) is 12.4. The minimum absolute atomic E-state index is 0.452. The molecule has 2 rings (SSSR count). The van der Waals surface area contributed by atoms with Gasteiger partial charge in [0.25, 0.3) is 0 Å². The topological polar surface area (TPSA) is 42.4 Å². The molecule has 16 heavy (non-hydrogen) atoms. The number of hydrogen-bond donors (Lipinski definition) is 1. The van der Waals surface area contributed by atoms with Crippen molar-refractivity contribution in [3.05, 3.63) is 44.7 Å². The van der Waals surface area contributed by atoms with Gasteiger partial charge in [-0.1, -0.05) is 0 Å². The lowest BCUT2D eigenvalue weighted by Gasteiger charge is -2.13. The Hall–Kier alpha value is -0.910. The lowest BCUT2D eigenvalue weighted by molar-refractivity contribution is 0.213. The molecule has 1 atom stereocenters. The summed E-state index contributed by atoms with van der Waals surface area (Å²) in [4.78, 5) is 4.06. The van der Waals surface area contributed by atoms with Gasteiger partial charge in [-0.2, -0.15) is 11.3 Å². The summed E-state index contributed by atoms with van der Waals surface area (Å²) in [5.41, 5.74) is 1.50. The zero-order chi connectivity index (χ0) is 11.5. The first-order chi connectivity index (χ1) is 7.74. The van der Waals surface area contributed by atoms with Crippen molar-refractivity contribution in [2.75, 3.05) is 7.11 Å². The standard InChI is InChI=1S/C11H10BrNO2S/c1-15-11-7(3-2-4-13-11)10(14)8-5-16-6-9(8)12/h2-6,10,14H,1H3. The molecule has 0 radical (unpaired) electrons. The first-order valence-corrected chi connectivity index (χ1v) is 6.36. The average Bonchev–Trinajstić information content (AvgIpc) is 2.74. The third-order valence-electron chi connectivity index (χ3n) is 2.23. The van der Waals surface area contributed by atoms with E-state index in [1.165, 1.54) is 11.3 Å². The molecule has 0 bridgehead atoms. The van der Waals surface area contributed by atoms with Crippen molar-refractivity contribution in [1.82, 2.24) is 4.98 Å². The number of methoxy groups -OCH3 is 1. The molecule has 84 valence electrons. The molecule has 0 amide bonds. The summed E-state index contributed by atoms with van der Waals surface area (Å²) < 4.78 is 6.02. The van der Waals surface area contributed by atoms with Crippen LogP contribution in [0, 0.1) is 0 Å². The Bertz CT molecular complexity index is 486. The van der Waals surface area contributed by atoms with Gasteiger partial charge in [-0.05, 0) is 33.4 Å². The summed E-state index contributed by atoms with van der Waals surface area (Å²) in [6, 6.07) is 3.59. The molecule has 0 aliphatic heterocycles. The van der Waals surface area contributed by atoms with Gasteiger partial charge >= 0.3 is 0 Å². The maximum absolute atomic E-state index is 10.2. The number of aliphatic hydroxyl groups excluding tert-OH is 1. The Morgan fingerprint density at radius 2 is 2.25 bits per heavy atom. The number of ether oxygens (including phenoxy) is 1. The summed E-state index contributed by atoms with van der Waals surface area (Å²) in [5, 5.41) is 14.1. The van der Waals surface area contributed by atoms with Crippen molar-refractivity contribution in [1.29, 1.82) is 0 Å². The molecule has 0 spiro atoms. The fourth-order valence-electron chi connectivity index (χ4n) is 1.44. The van der Waals surface area contributed by atoms with Gasteiger partial charge < -0.3 is 9.84 Å². The average molecular weight is 300 g/mol. The second kappa shape index (κ2) is 4.95. The highest BCUT2D eigenvalue weighted by atomic mass is 79.9. The van der Waals surface area contributed by atoms with E-state index in [0.717, 1.165) is 10.0 Å². The highest BCUT2D eigenvalue weighted by Gasteiger charge is 2.18. The van der Waals surface area contributed by atoms with Gasteiger partial charge in [-0.15, -0.1) is 0 Å². The Labute approximate surface area is 106 Å². The minimum atomic E-state index is -0.718. The van der Waals surface area contributed by atoms with Crippen LogP contribution < -0.4 is 4.74 Å². The summed E-state index contributed by atoms with van der Waals surface area (Å²) in [6.07, 6.45) is 0.918. The van der Waals surface area contributed by atoms with Crippen LogP contribution >= 0.6 is 27.3 Å². The SMILES string of the molecule is COc1ncccc1C(O)c1cscc1Br. The third-order valence-corrected chi connectivity index (χ3v) is 3.98. The number of nitrogens with zero attached hydrogens (tertiary/aromatic N) is 1. The van der Waals surface area contributed by atoms with Gasteiger partial charge in [0, 0.05) is 27.2 Å². The van der Waals surface area contributed by atoms with E-state index in [2.05, 4.69) is 20.9 Å². The van der Waals surface area contributed by atoms with Crippen LogP contribution in [0.15, 0.2) is 33.6 Å². The predicted octanol–water partition coefficient (Wildman–Crippen LogP) is 3.00. The highest BCUT2D eigenvalue weighted by molar-refractivity contribution is 9.10. The molecule has 3 nitrogen and oxygen atoms in total. The van der Waals surface area contributed by atoms with Gasteiger partial charge in [0.2, 0.25) is 5.88 Å². The quantitative estimate of drug-likeness (QED) is 0.947. The lowest BCUT2D eigenvalue weighted by Crippen LogP contribution is -2.03. The fraction of sp³-hybridized carbons (Fsp3) is 0.182. The molecule has 5 heteroatoms. The summed E-state index contributed by atoms with van der Waals surface area (Å²) in [5.74, 6) is 0.452. The summed E-state index contributed by atoms with van der Waals surface area (Å²) >= 11 is 4.93. The van der Waals surface area contributed by atoms with Crippen LogP contribution in [-0.4, -0.2) is 17.2 Å². The van der Waals surface area contributed by atoms with Crippen LogP contribution in [0.4, 0.5) is 0 Å². The monoisotopic (exact) mass is 299 g/mol. The Morgan fingerprint density at radius 3 is 2.88 bits per heavy atom. The second-order valence-electron chi connectivity index (χ2n) is 3.18. The molecule has 0 aliphatic carbocycles.